The summed E-state index contributed by atoms with van der Waals surface area (Å²) in [5.74, 6) is 1.43. The van der Waals surface area contributed by atoms with E-state index in [9.17, 15) is 4.79 Å². The Hall–Kier alpha value is -2.57. The van der Waals surface area contributed by atoms with Crippen molar-refractivity contribution in [2.45, 2.75) is 25.7 Å². The molecule has 1 aliphatic rings. The van der Waals surface area contributed by atoms with E-state index in [4.69, 9.17) is 14.2 Å². The van der Waals surface area contributed by atoms with E-state index in [0.29, 0.717) is 13.2 Å². The van der Waals surface area contributed by atoms with E-state index in [0.717, 1.165) is 69.2 Å². The third-order valence-electron chi connectivity index (χ3n) is 5.96. The molecule has 0 aromatic heterocycles. The molecule has 2 aromatic carbocycles. The minimum absolute atomic E-state index is 0.116. The maximum absolute atomic E-state index is 12.5. The van der Waals surface area contributed by atoms with Gasteiger partial charge in [-0.15, -0.1) is 0 Å². The zero-order chi connectivity index (χ0) is 22.6. The number of nitrogens with zero attached hydrogens (tertiary/aromatic N) is 2. The number of hydrogen-bond acceptors (Lipinski definition) is 6. The van der Waals surface area contributed by atoms with E-state index >= 15 is 0 Å². The Kier molecular flexibility index (Phi) is 9.85. The Morgan fingerprint density at radius 1 is 0.875 bits per heavy atom. The summed E-state index contributed by atoms with van der Waals surface area (Å²) < 4.78 is 16.6. The van der Waals surface area contributed by atoms with Crippen LogP contribution in [-0.2, 0) is 9.53 Å². The molecule has 0 radical (unpaired) electrons. The smallest absolute Gasteiger partial charge is 0.313 e. The van der Waals surface area contributed by atoms with Crippen molar-refractivity contribution in [3.8, 4) is 11.5 Å². The van der Waals surface area contributed by atoms with Crippen molar-refractivity contribution in [3.63, 3.8) is 0 Å². The Morgan fingerprint density at radius 3 is 2.12 bits per heavy atom. The lowest BCUT2D eigenvalue weighted by Gasteiger charge is -2.34. The Balaban J connectivity index is 1.26. The molecule has 1 saturated heterocycles. The molecule has 0 N–H and O–H groups in total. The third kappa shape index (κ3) is 7.53. The Labute approximate surface area is 192 Å². The number of esters is 1. The van der Waals surface area contributed by atoms with Gasteiger partial charge < -0.3 is 19.1 Å². The van der Waals surface area contributed by atoms with Crippen LogP contribution in [0.2, 0.25) is 0 Å². The summed E-state index contributed by atoms with van der Waals surface area (Å²) in [7, 11) is 1.66. The Bertz CT molecular complexity index is 789. The number of carbonyl (C=O) groups excluding carboxylic acids is 1. The van der Waals surface area contributed by atoms with Crippen LogP contribution in [0.25, 0.3) is 0 Å². The molecule has 0 amide bonds. The topological polar surface area (TPSA) is 51.2 Å². The standard InChI is InChI=1S/C26H36N2O4/c1-3-25(22-8-5-4-6-9-22)26(29)32-21-19-28-17-15-27(16-18-28)14-7-20-31-24-12-10-23(30-2)11-13-24/h4-6,8-13,25H,3,7,14-21H2,1-2H3. The van der Waals surface area contributed by atoms with Crippen LogP contribution in [0.5, 0.6) is 11.5 Å². The van der Waals surface area contributed by atoms with Gasteiger partial charge in [0.1, 0.15) is 18.1 Å². The average Bonchev–Trinajstić information content (AvgIpc) is 2.84. The summed E-state index contributed by atoms with van der Waals surface area (Å²) in [6.07, 6.45) is 1.76. The summed E-state index contributed by atoms with van der Waals surface area (Å²) in [5, 5.41) is 0. The summed E-state index contributed by atoms with van der Waals surface area (Å²) in [6.45, 7) is 9.12. The molecular formula is C26H36N2O4. The molecule has 174 valence electrons. The third-order valence-corrected chi connectivity index (χ3v) is 5.96. The molecule has 6 nitrogen and oxygen atoms in total. The van der Waals surface area contributed by atoms with Gasteiger partial charge in [-0.05, 0) is 42.7 Å². The molecule has 1 heterocycles. The summed E-state index contributed by atoms with van der Waals surface area (Å²) >= 11 is 0. The van der Waals surface area contributed by atoms with E-state index < -0.39 is 0 Å². The van der Waals surface area contributed by atoms with Gasteiger partial charge in [0.2, 0.25) is 0 Å². The number of benzene rings is 2. The minimum atomic E-state index is -0.173. The summed E-state index contributed by atoms with van der Waals surface area (Å²) in [4.78, 5) is 17.3. The molecule has 3 rings (SSSR count). The van der Waals surface area contributed by atoms with Gasteiger partial charge in [0.25, 0.3) is 0 Å². The lowest BCUT2D eigenvalue weighted by atomic mass is 9.97. The zero-order valence-electron chi connectivity index (χ0n) is 19.4. The molecule has 1 aliphatic heterocycles. The fourth-order valence-corrected chi connectivity index (χ4v) is 3.99. The highest BCUT2D eigenvalue weighted by Gasteiger charge is 2.21. The number of carbonyl (C=O) groups is 1. The highest BCUT2D eigenvalue weighted by atomic mass is 16.5. The second-order valence-corrected chi connectivity index (χ2v) is 8.10. The predicted molar refractivity (Wildman–Crippen MR) is 126 cm³/mol. The molecule has 0 aliphatic carbocycles. The van der Waals surface area contributed by atoms with Gasteiger partial charge in [0.15, 0.2) is 0 Å². The number of rotatable bonds is 12. The van der Waals surface area contributed by atoms with Gasteiger partial charge in [-0.25, -0.2) is 0 Å². The number of ether oxygens (including phenoxy) is 3. The summed E-state index contributed by atoms with van der Waals surface area (Å²) in [5.41, 5.74) is 1.03. The molecular weight excluding hydrogens is 404 g/mol. The van der Waals surface area contributed by atoms with E-state index in [1.807, 2.05) is 61.5 Å². The van der Waals surface area contributed by atoms with Crippen LogP contribution in [0.1, 0.15) is 31.2 Å². The van der Waals surface area contributed by atoms with Gasteiger partial charge in [-0.1, -0.05) is 37.3 Å². The number of piperazine rings is 1. The fraction of sp³-hybridized carbons (Fsp3) is 0.500. The molecule has 6 heteroatoms. The molecule has 2 aromatic rings. The van der Waals surface area contributed by atoms with Crippen LogP contribution >= 0.6 is 0 Å². The normalized spacial score (nSPS) is 15.8. The van der Waals surface area contributed by atoms with Crippen molar-refractivity contribution in [1.29, 1.82) is 0 Å². The van der Waals surface area contributed by atoms with Crippen molar-refractivity contribution in [2.24, 2.45) is 0 Å². The predicted octanol–water partition coefficient (Wildman–Crippen LogP) is 3.82. The van der Waals surface area contributed by atoms with Crippen LogP contribution in [0.4, 0.5) is 0 Å². The lowest BCUT2D eigenvalue weighted by molar-refractivity contribution is -0.146. The van der Waals surface area contributed by atoms with Crippen molar-refractivity contribution in [1.82, 2.24) is 9.80 Å². The first-order chi connectivity index (χ1) is 15.7. The number of methoxy groups -OCH3 is 1. The van der Waals surface area contributed by atoms with Crippen LogP contribution < -0.4 is 9.47 Å². The maximum atomic E-state index is 12.5. The van der Waals surface area contributed by atoms with Crippen LogP contribution in [0.3, 0.4) is 0 Å². The van der Waals surface area contributed by atoms with Gasteiger partial charge in [-0.2, -0.15) is 0 Å². The monoisotopic (exact) mass is 440 g/mol. The Morgan fingerprint density at radius 2 is 1.50 bits per heavy atom. The highest BCUT2D eigenvalue weighted by molar-refractivity contribution is 5.78. The van der Waals surface area contributed by atoms with E-state index in [1.165, 1.54) is 0 Å². The van der Waals surface area contributed by atoms with E-state index in [2.05, 4.69) is 9.80 Å². The quantitative estimate of drug-likeness (QED) is 0.369. The van der Waals surface area contributed by atoms with E-state index in [1.54, 1.807) is 7.11 Å². The fourth-order valence-electron chi connectivity index (χ4n) is 3.99. The lowest BCUT2D eigenvalue weighted by Crippen LogP contribution is -2.47. The first kappa shape index (κ1) is 24.1. The molecule has 1 unspecified atom stereocenters. The van der Waals surface area contributed by atoms with Crippen molar-refractivity contribution < 1.29 is 19.0 Å². The average molecular weight is 441 g/mol. The second-order valence-electron chi connectivity index (χ2n) is 8.10. The molecule has 0 spiro atoms. The number of hydrogen-bond donors (Lipinski definition) is 0. The highest BCUT2D eigenvalue weighted by Crippen LogP contribution is 2.21. The largest absolute Gasteiger partial charge is 0.497 e. The van der Waals surface area contributed by atoms with E-state index in [-0.39, 0.29) is 11.9 Å². The minimum Gasteiger partial charge on any atom is -0.497 e. The van der Waals surface area contributed by atoms with Gasteiger partial charge in [0.05, 0.1) is 19.6 Å². The van der Waals surface area contributed by atoms with Gasteiger partial charge in [0, 0.05) is 39.3 Å². The van der Waals surface area contributed by atoms with Crippen LogP contribution in [0.15, 0.2) is 54.6 Å². The van der Waals surface area contributed by atoms with Crippen LogP contribution in [-0.4, -0.2) is 75.4 Å². The zero-order valence-corrected chi connectivity index (χ0v) is 19.4. The molecule has 1 fully saturated rings. The van der Waals surface area contributed by atoms with Crippen LogP contribution in [0, 0.1) is 0 Å². The SMILES string of the molecule is CCC(C(=O)OCCN1CCN(CCCOc2ccc(OC)cc2)CC1)c1ccccc1. The van der Waals surface area contributed by atoms with Crippen molar-refractivity contribution in [3.05, 3.63) is 60.2 Å². The molecule has 32 heavy (non-hydrogen) atoms. The molecule has 0 saturated carbocycles. The first-order valence-corrected chi connectivity index (χ1v) is 11.6. The summed E-state index contributed by atoms with van der Waals surface area (Å²) in [6, 6.07) is 17.6. The second kappa shape index (κ2) is 13.1. The molecule has 1 atom stereocenters. The maximum Gasteiger partial charge on any atom is 0.313 e. The van der Waals surface area contributed by atoms with Crippen molar-refractivity contribution in [2.75, 3.05) is 59.6 Å². The van der Waals surface area contributed by atoms with Gasteiger partial charge in [-0.3, -0.25) is 9.69 Å². The first-order valence-electron chi connectivity index (χ1n) is 11.6. The molecule has 0 bridgehead atoms. The van der Waals surface area contributed by atoms with Crippen molar-refractivity contribution >= 4 is 5.97 Å². The van der Waals surface area contributed by atoms with Gasteiger partial charge >= 0.3 is 5.97 Å².